The number of carbonyl (C=O) groups is 1. The summed E-state index contributed by atoms with van der Waals surface area (Å²) in [6.07, 6.45) is 0.957. The van der Waals surface area contributed by atoms with Crippen molar-refractivity contribution in [2.24, 2.45) is 0 Å². The molecule has 1 aliphatic rings. The molecule has 1 heterocycles. The van der Waals surface area contributed by atoms with Crippen LogP contribution in [0.1, 0.15) is 30.9 Å². The Hall–Kier alpha value is -2.53. The van der Waals surface area contributed by atoms with E-state index in [2.05, 4.69) is 42.3 Å². The summed E-state index contributed by atoms with van der Waals surface area (Å²) in [5.74, 6) is 1.44. The van der Waals surface area contributed by atoms with E-state index in [1.54, 1.807) is 7.11 Å². The number of ether oxygens (including phenoxy) is 1. The lowest BCUT2D eigenvalue weighted by Crippen LogP contribution is -2.50. The molecule has 2 aromatic carbocycles. The largest absolute Gasteiger partial charge is 0.496 e. The summed E-state index contributed by atoms with van der Waals surface area (Å²) in [6.45, 7) is 8.61. The van der Waals surface area contributed by atoms with Crippen LogP contribution in [-0.4, -0.2) is 55.7 Å². The topological polar surface area (TPSA) is 44.8 Å². The van der Waals surface area contributed by atoms with Gasteiger partial charge >= 0.3 is 6.03 Å². The highest BCUT2D eigenvalue weighted by atomic mass is 16.5. The lowest BCUT2D eigenvalue weighted by atomic mass is 10.0. The van der Waals surface area contributed by atoms with Crippen LogP contribution in [-0.2, 0) is 6.42 Å². The number of hydrogen-bond acceptors (Lipinski definition) is 3. The summed E-state index contributed by atoms with van der Waals surface area (Å²) in [4.78, 5) is 16.8. The first-order chi connectivity index (χ1) is 13.6. The number of benzene rings is 2. The number of carbonyl (C=O) groups excluding carboxylic acids is 1. The molecule has 5 nitrogen and oxygen atoms in total. The van der Waals surface area contributed by atoms with Crippen LogP contribution in [0.4, 0.5) is 10.5 Å². The number of urea groups is 1. The zero-order chi connectivity index (χ0) is 19.9. The Morgan fingerprint density at radius 1 is 1.04 bits per heavy atom. The zero-order valence-electron chi connectivity index (χ0n) is 17.1. The van der Waals surface area contributed by atoms with Gasteiger partial charge in [0.2, 0.25) is 0 Å². The molecule has 0 aromatic heterocycles. The highest BCUT2D eigenvalue weighted by Crippen LogP contribution is 2.19. The molecule has 0 saturated carbocycles. The molecule has 28 heavy (non-hydrogen) atoms. The molecule has 0 unspecified atom stereocenters. The van der Waals surface area contributed by atoms with Crippen molar-refractivity contribution in [1.29, 1.82) is 0 Å². The standard InChI is InChI=1S/C23H31N3O2/c1-18(2)19-8-10-21(11-9-19)24-23(27)26-16-14-25(15-17-26)13-12-20-6-4-5-7-22(20)28-3/h4-11,18H,12-17H2,1-3H3,(H,24,27). The van der Waals surface area contributed by atoms with E-state index in [-0.39, 0.29) is 6.03 Å². The van der Waals surface area contributed by atoms with E-state index in [1.165, 1.54) is 11.1 Å². The third kappa shape index (κ3) is 5.26. The number of methoxy groups -OCH3 is 1. The van der Waals surface area contributed by atoms with Crippen LogP contribution in [0.15, 0.2) is 48.5 Å². The number of amides is 2. The molecule has 5 heteroatoms. The van der Waals surface area contributed by atoms with Crippen LogP contribution in [0.5, 0.6) is 5.75 Å². The highest BCUT2D eigenvalue weighted by molar-refractivity contribution is 5.89. The van der Waals surface area contributed by atoms with Gasteiger partial charge in [0.15, 0.2) is 0 Å². The van der Waals surface area contributed by atoms with E-state index in [9.17, 15) is 4.79 Å². The van der Waals surface area contributed by atoms with Gasteiger partial charge in [-0.3, -0.25) is 4.90 Å². The van der Waals surface area contributed by atoms with E-state index in [1.807, 2.05) is 35.2 Å². The molecule has 1 N–H and O–H groups in total. The highest BCUT2D eigenvalue weighted by Gasteiger charge is 2.21. The quantitative estimate of drug-likeness (QED) is 0.815. The normalized spacial score (nSPS) is 14.9. The number of anilines is 1. The second-order valence-electron chi connectivity index (χ2n) is 7.60. The van der Waals surface area contributed by atoms with Crippen LogP contribution in [0.2, 0.25) is 0 Å². The molecule has 2 aromatic rings. The maximum atomic E-state index is 12.5. The van der Waals surface area contributed by atoms with Gasteiger partial charge in [0, 0.05) is 38.4 Å². The van der Waals surface area contributed by atoms with Gasteiger partial charge in [0.05, 0.1) is 7.11 Å². The Bertz CT molecular complexity index is 766. The summed E-state index contributed by atoms with van der Waals surface area (Å²) in [5.41, 5.74) is 3.37. The molecule has 0 radical (unpaired) electrons. The van der Waals surface area contributed by atoms with Crippen LogP contribution >= 0.6 is 0 Å². The predicted octanol–water partition coefficient (Wildman–Crippen LogP) is 4.21. The molecule has 150 valence electrons. The maximum Gasteiger partial charge on any atom is 0.321 e. The lowest BCUT2D eigenvalue weighted by molar-refractivity contribution is 0.148. The molecule has 1 fully saturated rings. The molecule has 1 saturated heterocycles. The van der Waals surface area contributed by atoms with E-state index in [4.69, 9.17) is 4.74 Å². The first-order valence-electron chi connectivity index (χ1n) is 10.1. The summed E-state index contributed by atoms with van der Waals surface area (Å²) < 4.78 is 5.43. The van der Waals surface area contributed by atoms with Gasteiger partial charge in [-0.15, -0.1) is 0 Å². The average Bonchev–Trinajstić information content (AvgIpc) is 2.73. The molecular weight excluding hydrogens is 350 g/mol. The van der Waals surface area contributed by atoms with E-state index >= 15 is 0 Å². The van der Waals surface area contributed by atoms with Crippen molar-refractivity contribution < 1.29 is 9.53 Å². The van der Waals surface area contributed by atoms with Crippen LogP contribution in [0.3, 0.4) is 0 Å². The minimum Gasteiger partial charge on any atom is -0.496 e. The fourth-order valence-corrected chi connectivity index (χ4v) is 3.52. The van der Waals surface area contributed by atoms with Gasteiger partial charge in [-0.1, -0.05) is 44.2 Å². The van der Waals surface area contributed by atoms with Gasteiger partial charge < -0.3 is 15.0 Å². The van der Waals surface area contributed by atoms with Crippen molar-refractivity contribution in [2.75, 3.05) is 45.2 Å². The average molecular weight is 382 g/mol. The van der Waals surface area contributed by atoms with E-state index in [0.717, 1.165) is 50.6 Å². The van der Waals surface area contributed by atoms with Crippen molar-refractivity contribution >= 4 is 11.7 Å². The summed E-state index contributed by atoms with van der Waals surface area (Å²) in [5, 5.41) is 3.02. The first-order valence-corrected chi connectivity index (χ1v) is 10.1. The lowest BCUT2D eigenvalue weighted by Gasteiger charge is -2.34. The van der Waals surface area contributed by atoms with Gasteiger partial charge in [-0.2, -0.15) is 0 Å². The summed E-state index contributed by atoms with van der Waals surface area (Å²) >= 11 is 0. The Morgan fingerprint density at radius 2 is 1.71 bits per heavy atom. The van der Waals surface area contributed by atoms with Crippen molar-refractivity contribution in [3.63, 3.8) is 0 Å². The van der Waals surface area contributed by atoms with E-state index < -0.39 is 0 Å². The Balaban J connectivity index is 1.45. The van der Waals surface area contributed by atoms with Gasteiger partial charge in [-0.05, 0) is 41.7 Å². The Kier molecular flexibility index (Phi) is 6.93. The summed E-state index contributed by atoms with van der Waals surface area (Å²) in [6, 6.07) is 16.3. The Labute approximate surface area is 168 Å². The minimum absolute atomic E-state index is 0.0123. The SMILES string of the molecule is COc1ccccc1CCN1CCN(C(=O)Nc2ccc(C(C)C)cc2)CC1. The molecular formula is C23H31N3O2. The number of rotatable bonds is 6. The number of nitrogens with one attached hydrogen (secondary N) is 1. The fourth-order valence-electron chi connectivity index (χ4n) is 3.52. The zero-order valence-corrected chi connectivity index (χ0v) is 17.1. The van der Waals surface area contributed by atoms with Gasteiger partial charge in [0.1, 0.15) is 5.75 Å². The smallest absolute Gasteiger partial charge is 0.321 e. The van der Waals surface area contributed by atoms with E-state index in [0.29, 0.717) is 5.92 Å². The molecule has 0 aliphatic carbocycles. The van der Waals surface area contributed by atoms with Crippen molar-refractivity contribution in [2.45, 2.75) is 26.2 Å². The first kappa shape index (κ1) is 20.2. The molecule has 0 atom stereocenters. The number of nitrogens with zero attached hydrogens (tertiary/aromatic N) is 2. The third-order valence-electron chi connectivity index (χ3n) is 5.38. The third-order valence-corrected chi connectivity index (χ3v) is 5.38. The second kappa shape index (κ2) is 9.60. The Morgan fingerprint density at radius 3 is 2.36 bits per heavy atom. The number of para-hydroxylation sites is 1. The van der Waals surface area contributed by atoms with Gasteiger partial charge in [-0.25, -0.2) is 4.79 Å². The van der Waals surface area contributed by atoms with Crippen LogP contribution in [0.25, 0.3) is 0 Å². The molecule has 3 rings (SSSR count). The molecule has 2 amide bonds. The van der Waals surface area contributed by atoms with Crippen LogP contribution in [0, 0.1) is 0 Å². The fraction of sp³-hybridized carbons (Fsp3) is 0.435. The van der Waals surface area contributed by atoms with Crippen molar-refractivity contribution in [1.82, 2.24) is 9.80 Å². The number of piperazine rings is 1. The maximum absolute atomic E-state index is 12.5. The second-order valence-corrected chi connectivity index (χ2v) is 7.60. The predicted molar refractivity (Wildman–Crippen MR) is 114 cm³/mol. The van der Waals surface area contributed by atoms with Crippen molar-refractivity contribution in [3.8, 4) is 5.75 Å². The minimum atomic E-state index is -0.0123. The summed E-state index contributed by atoms with van der Waals surface area (Å²) in [7, 11) is 1.71. The molecule has 0 bridgehead atoms. The van der Waals surface area contributed by atoms with Crippen molar-refractivity contribution in [3.05, 3.63) is 59.7 Å². The van der Waals surface area contributed by atoms with Crippen LogP contribution < -0.4 is 10.1 Å². The monoisotopic (exact) mass is 381 g/mol. The number of hydrogen-bond donors (Lipinski definition) is 1. The van der Waals surface area contributed by atoms with Gasteiger partial charge in [0.25, 0.3) is 0 Å². The molecule has 0 spiro atoms. The molecule has 1 aliphatic heterocycles.